The van der Waals surface area contributed by atoms with E-state index < -0.39 is 0 Å². The molecule has 0 radical (unpaired) electrons. The zero-order valence-electron chi connectivity index (χ0n) is 17.5. The Morgan fingerprint density at radius 2 is 2.16 bits per heavy atom. The number of aromatic amines is 1. The molecule has 2 aliphatic rings. The van der Waals surface area contributed by atoms with Crippen LogP contribution in [0, 0.1) is 5.92 Å². The third kappa shape index (κ3) is 3.03. The van der Waals surface area contributed by atoms with Gasteiger partial charge in [-0.05, 0) is 30.3 Å². The minimum Gasteiger partial charge on any atom is -0.497 e. The lowest BCUT2D eigenvalue weighted by Gasteiger charge is -2.28. The Balaban J connectivity index is 1.25. The number of likely N-dealkylation sites (tertiary alicyclic amines) is 1. The summed E-state index contributed by atoms with van der Waals surface area (Å²) < 4.78 is 13.2. The van der Waals surface area contributed by atoms with Crippen LogP contribution in [0.2, 0.25) is 0 Å². The number of methoxy groups -OCH3 is 1. The molecule has 1 N–H and O–H groups in total. The van der Waals surface area contributed by atoms with Gasteiger partial charge in [-0.3, -0.25) is 9.36 Å². The van der Waals surface area contributed by atoms with E-state index in [2.05, 4.69) is 20.9 Å². The van der Waals surface area contributed by atoms with Gasteiger partial charge in [0.25, 0.3) is 5.56 Å². The Kier molecular flexibility index (Phi) is 4.55. The van der Waals surface area contributed by atoms with Gasteiger partial charge in [0.15, 0.2) is 0 Å². The molecule has 8 nitrogen and oxygen atoms in total. The molecule has 0 amide bonds. The first-order chi connectivity index (χ1) is 15.6. The molecule has 4 aromatic rings. The maximum absolute atomic E-state index is 13.1. The zero-order chi connectivity index (χ0) is 21.8. The minimum absolute atomic E-state index is 0.248. The second-order valence-corrected chi connectivity index (χ2v) is 9.39. The second kappa shape index (κ2) is 7.46. The number of aromatic nitrogens is 3. The number of hydrogen-bond donors (Lipinski definition) is 1. The van der Waals surface area contributed by atoms with Crippen LogP contribution in [0.25, 0.3) is 20.4 Å². The Morgan fingerprint density at radius 1 is 1.25 bits per heavy atom. The first-order valence-corrected chi connectivity index (χ1v) is 11.5. The molecule has 1 saturated heterocycles. The highest BCUT2D eigenvalue weighted by molar-refractivity contribution is 7.25. The van der Waals surface area contributed by atoms with E-state index in [0.717, 1.165) is 34.8 Å². The number of ether oxygens (including phenoxy) is 2. The first kappa shape index (κ1) is 19.5. The average Bonchev–Trinajstić information content (AvgIpc) is 3.40. The molecule has 0 aliphatic carbocycles. The smallest absolute Gasteiger partial charge is 0.328 e. The number of fused-ring (bicyclic) bond motifs is 6. The average molecular weight is 451 g/mol. The van der Waals surface area contributed by atoms with Crippen LogP contribution < -0.4 is 20.7 Å². The second-order valence-electron chi connectivity index (χ2n) is 8.39. The van der Waals surface area contributed by atoms with Crippen molar-refractivity contribution >= 4 is 31.8 Å². The summed E-state index contributed by atoms with van der Waals surface area (Å²) >= 11 is 1.32. The third-order valence-corrected chi connectivity index (χ3v) is 7.71. The quantitative estimate of drug-likeness (QED) is 0.514. The van der Waals surface area contributed by atoms with Gasteiger partial charge in [0.05, 0.1) is 19.2 Å². The van der Waals surface area contributed by atoms with Crippen LogP contribution in [0.1, 0.15) is 11.5 Å². The fourth-order valence-corrected chi connectivity index (χ4v) is 6.02. The Hall–Kier alpha value is -3.17. The predicted molar refractivity (Wildman–Crippen MR) is 123 cm³/mol. The summed E-state index contributed by atoms with van der Waals surface area (Å²) in [6.45, 7) is 3.40. The molecule has 2 atom stereocenters. The van der Waals surface area contributed by atoms with Gasteiger partial charge in [-0.1, -0.05) is 0 Å². The van der Waals surface area contributed by atoms with Gasteiger partial charge in [-0.2, -0.15) is 0 Å². The molecule has 0 bridgehead atoms. The van der Waals surface area contributed by atoms with Crippen LogP contribution >= 0.6 is 11.3 Å². The molecule has 2 aliphatic heterocycles. The minimum atomic E-state index is -0.374. The number of nitrogens with zero attached hydrogens (tertiary/aromatic N) is 3. The van der Waals surface area contributed by atoms with Gasteiger partial charge >= 0.3 is 5.69 Å². The number of benzene rings is 1. The van der Waals surface area contributed by atoms with Crippen molar-refractivity contribution in [3.8, 4) is 11.5 Å². The molecule has 1 fully saturated rings. The molecule has 5 heterocycles. The van der Waals surface area contributed by atoms with Crippen LogP contribution in [0.4, 0.5) is 0 Å². The van der Waals surface area contributed by atoms with Crippen molar-refractivity contribution < 1.29 is 9.47 Å². The third-order valence-electron chi connectivity index (χ3n) is 6.61. The highest BCUT2D eigenvalue weighted by Crippen LogP contribution is 2.42. The van der Waals surface area contributed by atoms with Gasteiger partial charge in [0.1, 0.15) is 21.0 Å². The summed E-state index contributed by atoms with van der Waals surface area (Å²) in [5.74, 6) is 2.50. The monoisotopic (exact) mass is 450 g/mol. The lowest BCUT2D eigenvalue weighted by molar-refractivity contribution is 0.211. The highest BCUT2D eigenvalue weighted by Gasteiger charge is 2.38. The van der Waals surface area contributed by atoms with Crippen molar-refractivity contribution in [2.75, 3.05) is 33.4 Å². The molecular formula is C23H22N4O4S. The van der Waals surface area contributed by atoms with Crippen LogP contribution in [0.15, 0.2) is 46.1 Å². The van der Waals surface area contributed by atoms with Crippen molar-refractivity contribution in [1.82, 2.24) is 19.4 Å². The molecule has 164 valence electrons. The van der Waals surface area contributed by atoms with E-state index in [9.17, 15) is 9.59 Å². The fraction of sp³-hybridized carbons (Fsp3) is 0.348. The van der Waals surface area contributed by atoms with Gasteiger partial charge in [0.2, 0.25) is 0 Å². The Labute approximate surface area is 187 Å². The topological polar surface area (TPSA) is 89.5 Å². The van der Waals surface area contributed by atoms with E-state index in [-0.39, 0.29) is 11.2 Å². The SMILES string of the molecule is COc1ccc2c(c1)[C@@H]1CN(CCn3c(=O)[nH]c4c(sc5ncccc54)c3=O)C[C@@H]1CO2. The van der Waals surface area contributed by atoms with E-state index in [4.69, 9.17) is 9.47 Å². The zero-order valence-corrected chi connectivity index (χ0v) is 18.4. The van der Waals surface area contributed by atoms with Gasteiger partial charge in [-0.25, -0.2) is 9.78 Å². The molecular weight excluding hydrogens is 428 g/mol. The molecule has 9 heteroatoms. The summed E-state index contributed by atoms with van der Waals surface area (Å²) in [6, 6.07) is 9.64. The lowest BCUT2D eigenvalue weighted by Crippen LogP contribution is -2.38. The summed E-state index contributed by atoms with van der Waals surface area (Å²) in [4.78, 5) is 36.1. The van der Waals surface area contributed by atoms with Crippen LogP contribution in [-0.2, 0) is 6.54 Å². The number of pyridine rings is 1. The Bertz CT molecular complexity index is 1460. The van der Waals surface area contributed by atoms with E-state index in [1.54, 1.807) is 13.3 Å². The van der Waals surface area contributed by atoms with Crippen molar-refractivity contribution in [2.24, 2.45) is 5.92 Å². The van der Waals surface area contributed by atoms with E-state index in [0.29, 0.717) is 41.7 Å². The number of nitrogens with one attached hydrogen (secondary N) is 1. The van der Waals surface area contributed by atoms with E-state index in [1.165, 1.54) is 21.5 Å². The molecule has 1 aromatic carbocycles. The Morgan fingerprint density at radius 3 is 3.03 bits per heavy atom. The van der Waals surface area contributed by atoms with Crippen molar-refractivity contribution in [2.45, 2.75) is 12.5 Å². The fourth-order valence-electron chi connectivity index (χ4n) is 4.98. The summed E-state index contributed by atoms with van der Waals surface area (Å²) in [5.41, 5.74) is 1.14. The number of rotatable bonds is 4. The van der Waals surface area contributed by atoms with Crippen molar-refractivity contribution in [3.63, 3.8) is 0 Å². The van der Waals surface area contributed by atoms with E-state index >= 15 is 0 Å². The van der Waals surface area contributed by atoms with Gasteiger partial charge in [0, 0.05) is 55.2 Å². The predicted octanol–water partition coefficient (Wildman–Crippen LogP) is 2.42. The molecule has 0 unspecified atom stereocenters. The van der Waals surface area contributed by atoms with E-state index in [1.807, 2.05) is 24.3 Å². The van der Waals surface area contributed by atoms with Crippen molar-refractivity contribution in [1.29, 1.82) is 0 Å². The van der Waals surface area contributed by atoms with Gasteiger partial charge in [-0.15, -0.1) is 11.3 Å². The number of H-pyrrole nitrogens is 1. The lowest BCUT2D eigenvalue weighted by atomic mass is 9.87. The van der Waals surface area contributed by atoms with Crippen LogP contribution in [-0.4, -0.2) is 52.8 Å². The molecule has 3 aromatic heterocycles. The van der Waals surface area contributed by atoms with Crippen LogP contribution in [0.3, 0.4) is 0 Å². The largest absolute Gasteiger partial charge is 0.497 e. The summed E-state index contributed by atoms with van der Waals surface area (Å²) in [6.07, 6.45) is 1.69. The first-order valence-electron chi connectivity index (χ1n) is 10.7. The summed E-state index contributed by atoms with van der Waals surface area (Å²) in [7, 11) is 1.67. The maximum Gasteiger partial charge on any atom is 0.328 e. The molecule has 6 rings (SSSR count). The van der Waals surface area contributed by atoms with Crippen molar-refractivity contribution in [3.05, 3.63) is 62.9 Å². The highest BCUT2D eigenvalue weighted by atomic mass is 32.1. The molecule has 0 saturated carbocycles. The molecule has 32 heavy (non-hydrogen) atoms. The number of hydrogen-bond acceptors (Lipinski definition) is 7. The van der Waals surface area contributed by atoms with Gasteiger partial charge < -0.3 is 19.4 Å². The standard InChI is InChI=1S/C23H22N4O4S/c1-30-14-4-5-18-16(9-14)17-11-26(10-13(17)12-31-18)7-8-27-22(28)20-19(25-23(27)29)15-3-2-6-24-21(15)32-20/h2-6,9,13,17H,7-8,10-12H2,1H3,(H,25,29)/t13-,17-/m1/s1. The molecule has 0 spiro atoms. The number of thiophene rings is 1. The maximum atomic E-state index is 13.1. The van der Waals surface area contributed by atoms with Crippen LogP contribution in [0.5, 0.6) is 11.5 Å². The summed E-state index contributed by atoms with van der Waals surface area (Å²) in [5, 5.41) is 0.812. The normalized spacial score (nSPS) is 20.3.